The lowest BCUT2D eigenvalue weighted by Crippen LogP contribution is -1.78. The Bertz CT molecular complexity index is 494. The SMILES string of the molecule is [c]1c2ccccc2cc2ncccc12. The van der Waals surface area contributed by atoms with Crippen LogP contribution in [0.2, 0.25) is 0 Å². The summed E-state index contributed by atoms with van der Waals surface area (Å²) in [5.74, 6) is 0. The van der Waals surface area contributed by atoms with Crippen LogP contribution in [0.3, 0.4) is 0 Å². The van der Waals surface area contributed by atoms with Crippen molar-refractivity contribution in [3.05, 3.63) is 54.7 Å². The molecule has 0 N–H and O–H groups in total. The molecule has 0 atom stereocenters. The van der Waals surface area contributed by atoms with Crippen LogP contribution in [0.4, 0.5) is 0 Å². The lowest BCUT2D eigenvalue weighted by molar-refractivity contribution is 1.42. The van der Waals surface area contributed by atoms with Crippen molar-refractivity contribution in [1.82, 2.24) is 4.98 Å². The number of hydrogen-bond acceptors (Lipinski definition) is 1. The minimum atomic E-state index is 1.01. The van der Waals surface area contributed by atoms with Crippen molar-refractivity contribution in [2.24, 2.45) is 0 Å². The van der Waals surface area contributed by atoms with E-state index in [0.29, 0.717) is 0 Å². The normalized spacial score (nSPS) is 10.9. The summed E-state index contributed by atoms with van der Waals surface area (Å²) in [6, 6.07) is 17.6. The minimum Gasteiger partial charge on any atom is -0.256 e. The molecule has 0 amide bonds. The second kappa shape index (κ2) is 2.81. The van der Waals surface area contributed by atoms with Gasteiger partial charge in [-0.05, 0) is 22.9 Å². The smallest absolute Gasteiger partial charge is 0.0714 e. The topological polar surface area (TPSA) is 12.9 Å². The van der Waals surface area contributed by atoms with Gasteiger partial charge in [0.25, 0.3) is 0 Å². The molecule has 1 heteroatoms. The third-order valence-corrected chi connectivity index (χ3v) is 2.36. The van der Waals surface area contributed by atoms with Gasteiger partial charge in [0.05, 0.1) is 5.52 Å². The highest BCUT2D eigenvalue weighted by Gasteiger charge is 1.96. The van der Waals surface area contributed by atoms with E-state index in [1.807, 2.05) is 30.5 Å². The fraction of sp³-hybridized carbons (Fsp3) is 0. The summed E-state index contributed by atoms with van der Waals surface area (Å²) in [6.07, 6.45) is 1.81. The first-order valence-corrected chi connectivity index (χ1v) is 4.59. The van der Waals surface area contributed by atoms with Crippen molar-refractivity contribution in [2.75, 3.05) is 0 Å². The van der Waals surface area contributed by atoms with Gasteiger partial charge in [-0.1, -0.05) is 30.3 Å². The van der Waals surface area contributed by atoms with Gasteiger partial charge in [-0.15, -0.1) is 0 Å². The van der Waals surface area contributed by atoms with Crippen molar-refractivity contribution in [3.8, 4) is 0 Å². The summed E-state index contributed by atoms with van der Waals surface area (Å²) < 4.78 is 0. The zero-order chi connectivity index (χ0) is 9.38. The Balaban J connectivity index is 2.52. The lowest BCUT2D eigenvalue weighted by Gasteiger charge is -1.99. The van der Waals surface area contributed by atoms with E-state index in [1.165, 1.54) is 5.39 Å². The summed E-state index contributed by atoms with van der Waals surface area (Å²) in [4.78, 5) is 4.30. The molecule has 0 saturated heterocycles. The Morgan fingerprint density at radius 1 is 0.929 bits per heavy atom. The fourth-order valence-corrected chi connectivity index (χ4v) is 1.67. The lowest BCUT2D eigenvalue weighted by atomic mass is 10.1. The Morgan fingerprint density at radius 3 is 2.79 bits per heavy atom. The van der Waals surface area contributed by atoms with Crippen molar-refractivity contribution >= 4 is 21.7 Å². The summed E-state index contributed by atoms with van der Waals surface area (Å²) in [6.45, 7) is 0. The molecule has 2 aromatic carbocycles. The van der Waals surface area contributed by atoms with Gasteiger partial charge in [-0.2, -0.15) is 0 Å². The standard InChI is InChI=1S/C13H8N/c1-2-5-11-9-13-12(6-3-7-14-13)8-10(11)4-1/h1-7,9H. The monoisotopic (exact) mass is 178 g/mol. The van der Waals surface area contributed by atoms with Crippen LogP contribution in [0.1, 0.15) is 0 Å². The van der Waals surface area contributed by atoms with Crippen molar-refractivity contribution in [2.45, 2.75) is 0 Å². The first kappa shape index (κ1) is 7.51. The van der Waals surface area contributed by atoms with Crippen LogP contribution in [-0.2, 0) is 0 Å². The molecule has 14 heavy (non-hydrogen) atoms. The van der Waals surface area contributed by atoms with E-state index in [1.54, 1.807) is 0 Å². The molecule has 0 spiro atoms. The van der Waals surface area contributed by atoms with Gasteiger partial charge in [0, 0.05) is 17.6 Å². The van der Waals surface area contributed by atoms with Gasteiger partial charge in [0.2, 0.25) is 0 Å². The number of fused-ring (bicyclic) bond motifs is 2. The number of rotatable bonds is 0. The zero-order valence-electron chi connectivity index (χ0n) is 7.57. The van der Waals surface area contributed by atoms with Crippen LogP contribution in [0.15, 0.2) is 48.7 Å². The van der Waals surface area contributed by atoms with Gasteiger partial charge in [-0.25, -0.2) is 0 Å². The molecule has 1 heterocycles. The Morgan fingerprint density at radius 2 is 1.79 bits per heavy atom. The van der Waals surface area contributed by atoms with Crippen molar-refractivity contribution < 1.29 is 0 Å². The number of nitrogens with zero attached hydrogens (tertiary/aromatic N) is 1. The summed E-state index contributed by atoms with van der Waals surface area (Å²) >= 11 is 0. The molecule has 0 bridgehead atoms. The Hall–Kier alpha value is -1.89. The fourth-order valence-electron chi connectivity index (χ4n) is 1.67. The van der Waals surface area contributed by atoms with Gasteiger partial charge in [-0.3, -0.25) is 4.98 Å². The second-order valence-corrected chi connectivity index (χ2v) is 3.29. The van der Waals surface area contributed by atoms with Crippen LogP contribution < -0.4 is 0 Å². The first-order valence-electron chi connectivity index (χ1n) is 4.59. The molecule has 0 saturated carbocycles. The van der Waals surface area contributed by atoms with E-state index < -0.39 is 0 Å². The predicted molar refractivity (Wildman–Crippen MR) is 58.1 cm³/mol. The van der Waals surface area contributed by atoms with E-state index in [4.69, 9.17) is 0 Å². The van der Waals surface area contributed by atoms with Crippen LogP contribution in [0.5, 0.6) is 0 Å². The average molecular weight is 178 g/mol. The van der Waals surface area contributed by atoms with E-state index in [-0.39, 0.29) is 0 Å². The van der Waals surface area contributed by atoms with E-state index in [2.05, 4.69) is 29.2 Å². The quantitative estimate of drug-likeness (QED) is 0.482. The highest BCUT2D eigenvalue weighted by Crippen LogP contribution is 2.19. The molecule has 0 aliphatic heterocycles. The van der Waals surface area contributed by atoms with Crippen molar-refractivity contribution in [3.63, 3.8) is 0 Å². The number of aromatic nitrogens is 1. The molecule has 0 aliphatic carbocycles. The maximum atomic E-state index is 4.30. The molecule has 1 aromatic heterocycles. The highest BCUT2D eigenvalue weighted by molar-refractivity contribution is 5.95. The molecule has 3 aromatic rings. The number of benzene rings is 2. The van der Waals surface area contributed by atoms with Crippen LogP contribution >= 0.6 is 0 Å². The number of hydrogen-bond donors (Lipinski definition) is 0. The van der Waals surface area contributed by atoms with Gasteiger partial charge >= 0.3 is 0 Å². The molecule has 65 valence electrons. The summed E-state index contributed by atoms with van der Waals surface area (Å²) in [5, 5.41) is 3.41. The molecule has 1 radical (unpaired) electrons. The van der Waals surface area contributed by atoms with Gasteiger partial charge in [0.15, 0.2) is 0 Å². The number of pyridine rings is 1. The largest absolute Gasteiger partial charge is 0.256 e. The Labute approximate surface area is 82.0 Å². The molecule has 1 nitrogen and oxygen atoms in total. The summed E-state index contributed by atoms with van der Waals surface area (Å²) in [7, 11) is 0. The van der Waals surface area contributed by atoms with E-state index >= 15 is 0 Å². The molecular weight excluding hydrogens is 170 g/mol. The maximum Gasteiger partial charge on any atom is 0.0714 e. The minimum absolute atomic E-state index is 1.01. The van der Waals surface area contributed by atoms with Gasteiger partial charge in [0.1, 0.15) is 0 Å². The average Bonchev–Trinajstić information content (AvgIpc) is 2.26. The maximum absolute atomic E-state index is 4.30. The van der Waals surface area contributed by atoms with Crippen LogP contribution in [0, 0.1) is 6.07 Å². The highest BCUT2D eigenvalue weighted by atomic mass is 14.6. The molecule has 0 fully saturated rings. The first-order chi connectivity index (χ1) is 6.93. The predicted octanol–water partition coefficient (Wildman–Crippen LogP) is 3.19. The van der Waals surface area contributed by atoms with Crippen molar-refractivity contribution in [1.29, 1.82) is 0 Å². The van der Waals surface area contributed by atoms with Gasteiger partial charge < -0.3 is 0 Å². The third kappa shape index (κ3) is 1.06. The Kier molecular flexibility index (Phi) is 1.51. The third-order valence-electron chi connectivity index (χ3n) is 2.36. The van der Waals surface area contributed by atoms with E-state index in [0.717, 1.165) is 16.3 Å². The van der Waals surface area contributed by atoms with Crippen LogP contribution in [-0.4, -0.2) is 4.98 Å². The molecular formula is C13H8N. The summed E-state index contributed by atoms with van der Waals surface area (Å²) in [5.41, 5.74) is 1.01. The zero-order valence-corrected chi connectivity index (χ0v) is 7.57. The molecule has 0 unspecified atom stereocenters. The second-order valence-electron chi connectivity index (χ2n) is 3.29. The molecule has 0 aliphatic rings. The van der Waals surface area contributed by atoms with Crippen LogP contribution in [0.25, 0.3) is 21.7 Å². The molecule has 3 rings (SSSR count). The van der Waals surface area contributed by atoms with E-state index in [9.17, 15) is 0 Å².